The fourth-order valence-corrected chi connectivity index (χ4v) is 2.35. The van der Waals surface area contributed by atoms with Gasteiger partial charge in [0.05, 0.1) is 11.8 Å². The van der Waals surface area contributed by atoms with E-state index in [2.05, 4.69) is 20.4 Å². The molecule has 3 heterocycles. The van der Waals surface area contributed by atoms with Crippen LogP contribution in [-0.4, -0.2) is 25.7 Å². The van der Waals surface area contributed by atoms with Crippen molar-refractivity contribution < 1.29 is 9.21 Å². The van der Waals surface area contributed by atoms with Crippen molar-refractivity contribution in [3.05, 3.63) is 47.7 Å². The van der Waals surface area contributed by atoms with Gasteiger partial charge in [0, 0.05) is 30.9 Å². The number of rotatable bonds is 4. The van der Waals surface area contributed by atoms with Crippen LogP contribution in [0.5, 0.6) is 0 Å². The normalized spacial score (nSPS) is 11.0. The first-order chi connectivity index (χ1) is 11.4. The van der Waals surface area contributed by atoms with Crippen molar-refractivity contribution in [3.8, 4) is 11.5 Å². The van der Waals surface area contributed by atoms with Crippen molar-refractivity contribution in [1.29, 1.82) is 0 Å². The van der Waals surface area contributed by atoms with Crippen molar-refractivity contribution in [2.24, 2.45) is 7.05 Å². The summed E-state index contributed by atoms with van der Waals surface area (Å²) in [5.41, 5.74) is 1.73. The number of hydrogen-bond donors (Lipinski definition) is 1. The van der Waals surface area contributed by atoms with Gasteiger partial charge in [-0.3, -0.25) is 9.48 Å². The Balaban J connectivity index is 1.91. The molecule has 24 heavy (non-hydrogen) atoms. The van der Waals surface area contributed by atoms with Gasteiger partial charge in [-0.05, 0) is 19.1 Å². The third-order valence-corrected chi connectivity index (χ3v) is 3.46. The predicted molar refractivity (Wildman–Crippen MR) is 89.7 cm³/mol. The minimum absolute atomic E-state index is 0.178. The topological polar surface area (TPSA) is 85.8 Å². The zero-order valence-corrected chi connectivity index (χ0v) is 14.1. The zero-order valence-electron chi connectivity index (χ0n) is 14.1. The van der Waals surface area contributed by atoms with Crippen LogP contribution in [-0.2, 0) is 7.05 Å². The molecule has 0 unspecified atom stereocenters. The van der Waals surface area contributed by atoms with Crippen molar-refractivity contribution in [2.45, 2.75) is 26.7 Å². The molecule has 0 aliphatic heterocycles. The maximum Gasteiger partial charge on any atom is 0.260 e. The summed E-state index contributed by atoms with van der Waals surface area (Å²) >= 11 is 0. The van der Waals surface area contributed by atoms with Gasteiger partial charge in [0.15, 0.2) is 5.76 Å². The quantitative estimate of drug-likeness (QED) is 0.796. The lowest BCUT2D eigenvalue weighted by Gasteiger charge is -2.09. The van der Waals surface area contributed by atoms with Gasteiger partial charge < -0.3 is 9.73 Å². The number of nitrogens with zero attached hydrogens (tertiary/aromatic N) is 4. The van der Waals surface area contributed by atoms with Crippen LogP contribution in [0.4, 0.5) is 5.82 Å². The maximum atomic E-state index is 12.7. The number of aryl methyl sites for hydroxylation is 2. The molecule has 1 amide bonds. The number of furan rings is 1. The lowest BCUT2D eigenvalue weighted by Crippen LogP contribution is -2.15. The van der Waals surface area contributed by atoms with E-state index < -0.39 is 0 Å². The molecule has 3 rings (SSSR count). The Morgan fingerprint density at radius 3 is 2.79 bits per heavy atom. The predicted octanol–water partition coefficient (Wildman–Crippen LogP) is 3.15. The summed E-state index contributed by atoms with van der Waals surface area (Å²) < 4.78 is 6.94. The molecule has 0 saturated heterocycles. The van der Waals surface area contributed by atoms with Gasteiger partial charge in [0.1, 0.15) is 17.3 Å². The Bertz CT molecular complexity index is 865. The summed E-state index contributed by atoms with van der Waals surface area (Å²) in [7, 11) is 1.76. The molecule has 3 aromatic rings. The molecule has 124 valence electrons. The van der Waals surface area contributed by atoms with E-state index in [1.54, 1.807) is 42.4 Å². The van der Waals surface area contributed by atoms with Gasteiger partial charge >= 0.3 is 0 Å². The maximum absolute atomic E-state index is 12.7. The minimum atomic E-state index is -0.290. The number of hydrogen-bond acceptors (Lipinski definition) is 5. The molecule has 7 heteroatoms. The van der Waals surface area contributed by atoms with Crippen LogP contribution in [0.3, 0.4) is 0 Å². The van der Waals surface area contributed by atoms with Crippen LogP contribution in [0, 0.1) is 6.92 Å². The Hall–Kier alpha value is -2.96. The fourth-order valence-electron chi connectivity index (χ4n) is 2.35. The van der Waals surface area contributed by atoms with Gasteiger partial charge in [0.2, 0.25) is 0 Å². The van der Waals surface area contributed by atoms with Gasteiger partial charge in [-0.2, -0.15) is 5.10 Å². The van der Waals surface area contributed by atoms with E-state index in [0.29, 0.717) is 28.7 Å². The van der Waals surface area contributed by atoms with Crippen LogP contribution in [0.15, 0.2) is 35.1 Å². The van der Waals surface area contributed by atoms with E-state index >= 15 is 0 Å². The SMILES string of the molecule is Cc1cc(NC(=O)c2cn(C)nc2-c2ccco2)nc(C(C)C)n1. The smallest absolute Gasteiger partial charge is 0.260 e. The highest BCUT2D eigenvalue weighted by molar-refractivity contribution is 6.07. The molecule has 0 saturated carbocycles. The highest BCUT2D eigenvalue weighted by atomic mass is 16.3. The summed E-state index contributed by atoms with van der Waals surface area (Å²) in [6.07, 6.45) is 3.21. The fraction of sp³-hybridized carbons (Fsp3) is 0.294. The second-order valence-electron chi connectivity index (χ2n) is 5.90. The Kier molecular flexibility index (Phi) is 4.16. The van der Waals surface area contributed by atoms with Crippen LogP contribution in [0.2, 0.25) is 0 Å². The van der Waals surface area contributed by atoms with Crippen molar-refractivity contribution in [2.75, 3.05) is 5.32 Å². The second kappa shape index (κ2) is 6.27. The number of nitrogens with one attached hydrogen (secondary N) is 1. The molecule has 0 aromatic carbocycles. The largest absolute Gasteiger partial charge is 0.463 e. The van der Waals surface area contributed by atoms with E-state index in [9.17, 15) is 4.79 Å². The third-order valence-electron chi connectivity index (χ3n) is 3.46. The number of carbonyl (C=O) groups excluding carboxylic acids is 1. The molecule has 0 aliphatic carbocycles. The summed E-state index contributed by atoms with van der Waals surface area (Å²) in [6.45, 7) is 5.90. The average molecular weight is 325 g/mol. The number of amides is 1. The van der Waals surface area contributed by atoms with Gasteiger partial charge in [-0.15, -0.1) is 0 Å². The first kappa shape index (κ1) is 15.9. The molecule has 0 atom stereocenters. The minimum Gasteiger partial charge on any atom is -0.463 e. The van der Waals surface area contributed by atoms with E-state index in [-0.39, 0.29) is 11.8 Å². The third kappa shape index (κ3) is 3.19. The zero-order chi connectivity index (χ0) is 17.3. The molecule has 1 N–H and O–H groups in total. The molecule has 0 spiro atoms. The van der Waals surface area contributed by atoms with E-state index in [0.717, 1.165) is 5.69 Å². The molecular formula is C17H19N5O2. The average Bonchev–Trinajstić information content (AvgIpc) is 3.15. The lowest BCUT2D eigenvalue weighted by atomic mass is 10.2. The summed E-state index contributed by atoms with van der Waals surface area (Å²) in [5, 5.41) is 7.13. The molecule has 0 aliphatic rings. The number of carbonyl (C=O) groups is 1. The van der Waals surface area contributed by atoms with E-state index in [1.807, 2.05) is 20.8 Å². The monoisotopic (exact) mass is 325 g/mol. The summed E-state index contributed by atoms with van der Waals surface area (Å²) in [5.74, 6) is 1.61. The van der Waals surface area contributed by atoms with Crippen molar-refractivity contribution in [1.82, 2.24) is 19.7 Å². The standard InChI is InChI=1S/C17H19N5O2/c1-10(2)16-18-11(3)8-14(19-16)20-17(23)12-9-22(4)21-15(12)13-6-5-7-24-13/h5-10H,1-4H3,(H,18,19,20,23). The Morgan fingerprint density at radius 2 is 2.12 bits per heavy atom. The number of aromatic nitrogens is 4. The van der Waals surface area contributed by atoms with E-state index in [1.165, 1.54) is 0 Å². The van der Waals surface area contributed by atoms with Crippen LogP contribution >= 0.6 is 0 Å². The first-order valence-corrected chi connectivity index (χ1v) is 7.68. The van der Waals surface area contributed by atoms with Gasteiger partial charge in [-0.25, -0.2) is 9.97 Å². The summed E-state index contributed by atoms with van der Waals surface area (Å²) in [4.78, 5) is 21.5. The Morgan fingerprint density at radius 1 is 1.33 bits per heavy atom. The van der Waals surface area contributed by atoms with Crippen LogP contribution < -0.4 is 5.32 Å². The first-order valence-electron chi connectivity index (χ1n) is 7.68. The highest BCUT2D eigenvalue weighted by Crippen LogP contribution is 2.23. The molecule has 3 aromatic heterocycles. The molecule has 0 bridgehead atoms. The Labute approximate surface area is 139 Å². The molecule has 7 nitrogen and oxygen atoms in total. The number of anilines is 1. The molecule has 0 fully saturated rings. The van der Waals surface area contributed by atoms with E-state index in [4.69, 9.17) is 4.42 Å². The van der Waals surface area contributed by atoms with Crippen molar-refractivity contribution in [3.63, 3.8) is 0 Å². The van der Waals surface area contributed by atoms with Crippen LogP contribution in [0.25, 0.3) is 11.5 Å². The van der Waals surface area contributed by atoms with Crippen molar-refractivity contribution >= 4 is 11.7 Å². The second-order valence-corrected chi connectivity index (χ2v) is 5.90. The van der Waals surface area contributed by atoms with Gasteiger partial charge in [-0.1, -0.05) is 13.8 Å². The van der Waals surface area contributed by atoms with Crippen LogP contribution in [0.1, 0.15) is 41.6 Å². The molecule has 0 radical (unpaired) electrons. The highest BCUT2D eigenvalue weighted by Gasteiger charge is 2.20. The summed E-state index contributed by atoms with van der Waals surface area (Å²) in [6, 6.07) is 5.27. The van der Waals surface area contributed by atoms with Gasteiger partial charge in [0.25, 0.3) is 5.91 Å². The lowest BCUT2D eigenvalue weighted by molar-refractivity contribution is 0.102. The molecular weight excluding hydrogens is 306 g/mol.